The lowest BCUT2D eigenvalue weighted by Gasteiger charge is -2.11. The standard InChI is InChI=1S/C15H20N2O2/c16-13-8-7-12(11-13)15(18)17-9-4-10-19-14-5-2-1-3-6-14/h1-3,5-8,12-13H,4,9-11,16H2,(H,17,18). The quantitative estimate of drug-likeness (QED) is 0.601. The largest absolute Gasteiger partial charge is 0.494 e. The Labute approximate surface area is 113 Å². The molecule has 4 nitrogen and oxygen atoms in total. The van der Waals surface area contributed by atoms with Gasteiger partial charge in [0, 0.05) is 12.6 Å². The van der Waals surface area contributed by atoms with Gasteiger partial charge in [-0.25, -0.2) is 0 Å². The molecule has 4 heteroatoms. The molecule has 0 spiro atoms. The van der Waals surface area contributed by atoms with E-state index in [0.717, 1.165) is 12.2 Å². The highest BCUT2D eigenvalue weighted by atomic mass is 16.5. The number of rotatable bonds is 6. The highest BCUT2D eigenvalue weighted by Gasteiger charge is 2.21. The van der Waals surface area contributed by atoms with Gasteiger partial charge in [0.25, 0.3) is 0 Å². The van der Waals surface area contributed by atoms with E-state index in [4.69, 9.17) is 10.5 Å². The Morgan fingerprint density at radius 3 is 2.79 bits per heavy atom. The molecule has 0 fully saturated rings. The van der Waals surface area contributed by atoms with E-state index in [1.54, 1.807) is 0 Å². The van der Waals surface area contributed by atoms with Crippen LogP contribution in [0.3, 0.4) is 0 Å². The number of benzene rings is 1. The van der Waals surface area contributed by atoms with Gasteiger partial charge in [-0.05, 0) is 25.0 Å². The number of ether oxygens (including phenoxy) is 1. The van der Waals surface area contributed by atoms with Gasteiger partial charge in [0.05, 0.1) is 12.5 Å². The smallest absolute Gasteiger partial charge is 0.226 e. The van der Waals surface area contributed by atoms with E-state index < -0.39 is 0 Å². The minimum absolute atomic E-state index is 0.0252. The fraction of sp³-hybridized carbons (Fsp3) is 0.400. The molecule has 0 saturated carbocycles. The van der Waals surface area contributed by atoms with Crippen molar-refractivity contribution in [2.24, 2.45) is 11.7 Å². The molecule has 0 saturated heterocycles. The van der Waals surface area contributed by atoms with Crippen LogP contribution in [0.5, 0.6) is 5.75 Å². The number of carbonyl (C=O) groups excluding carboxylic acids is 1. The van der Waals surface area contributed by atoms with Crippen LogP contribution in [0.25, 0.3) is 0 Å². The van der Waals surface area contributed by atoms with Crippen LogP contribution in [0.2, 0.25) is 0 Å². The van der Waals surface area contributed by atoms with Crippen molar-refractivity contribution in [1.29, 1.82) is 0 Å². The highest BCUT2D eigenvalue weighted by Crippen LogP contribution is 2.16. The fourth-order valence-electron chi connectivity index (χ4n) is 2.04. The molecular weight excluding hydrogens is 240 g/mol. The van der Waals surface area contributed by atoms with Crippen LogP contribution in [0, 0.1) is 5.92 Å². The average molecular weight is 260 g/mol. The number of amides is 1. The molecule has 0 aromatic heterocycles. The van der Waals surface area contributed by atoms with Crippen molar-refractivity contribution in [3.63, 3.8) is 0 Å². The highest BCUT2D eigenvalue weighted by molar-refractivity contribution is 5.81. The summed E-state index contributed by atoms with van der Waals surface area (Å²) in [6, 6.07) is 9.69. The van der Waals surface area contributed by atoms with E-state index in [2.05, 4.69) is 5.32 Å². The van der Waals surface area contributed by atoms with E-state index in [9.17, 15) is 4.79 Å². The van der Waals surface area contributed by atoms with Crippen LogP contribution in [-0.2, 0) is 4.79 Å². The number of nitrogens with two attached hydrogens (primary N) is 1. The number of hydrogen-bond acceptors (Lipinski definition) is 3. The first-order valence-corrected chi connectivity index (χ1v) is 6.65. The van der Waals surface area contributed by atoms with Crippen LogP contribution in [0.4, 0.5) is 0 Å². The number of nitrogens with one attached hydrogen (secondary N) is 1. The van der Waals surface area contributed by atoms with Crippen LogP contribution < -0.4 is 15.8 Å². The van der Waals surface area contributed by atoms with Gasteiger partial charge in [-0.2, -0.15) is 0 Å². The second kappa shape index (κ2) is 6.95. The zero-order chi connectivity index (χ0) is 13.5. The summed E-state index contributed by atoms with van der Waals surface area (Å²) in [5, 5.41) is 2.91. The molecule has 0 radical (unpaired) electrons. The first-order chi connectivity index (χ1) is 9.25. The third kappa shape index (κ3) is 4.41. The lowest BCUT2D eigenvalue weighted by molar-refractivity contribution is -0.123. The van der Waals surface area contributed by atoms with E-state index in [-0.39, 0.29) is 17.9 Å². The molecule has 0 bridgehead atoms. The summed E-state index contributed by atoms with van der Waals surface area (Å²) in [6.45, 7) is 1.23. The zero-order valence-corrected chi connectivity index (χ0v) is 10.9. The fourth-order valence-corrected chi connectivity index (χ4v) is 2.04. The van der Waals surface area contributed by atoms with Crippen molar-refractivity contribution in [1.82, 2.24) is 5.32 Å². The molecule has 19 heavy (non-hydrogen) atoms. The SMILES string of the molecule is NC1C=CC(C(=O)NCCCOc2ccccc2)C1. The first kappa shape index (κ1) is 13.6. The van der Waals surface area contributed by atoms with Gasteiger partial charge < -0.3 is 15.8 Å². The summed E-state index contributed by atoms with van der Waals surface area (Å²) in [5.74, 6) is 0.854. The van der Waals surface area contributed by atoms with Crippen LogP contribution in [-0.4, -0.2) is 25.1 Å². The molecule has 2 rings (SSSR count). The normalized spacial score (nSPS) is 21.3. The number of carbonyl (C=O) groups is 1. The first-order valence-electron chi connectivity index (χ1n) is 6.65. The molecule has 102 valence electrons. The lowest BCUT2D eigenvalue weighted by atomic mass is 10.1. The monoisotopic (exact) mass is 260 g/mol. The van der Waals surface area contributed by atoms with Crippen molar-refractivity contribution in [2.75, 3.05) is 13.2 Å². The summed E-state index contributed by atoms with van der Waals surface area (Å²) < 4.78 is 5.55. The molecule has 0 aliphatic heterocycles. The van der Waals surface area contributed by atoms with Crippen molar-refractivity contribution in [2.45, 2.75) is 18.9 Å². The third-order valence-electron chi connectivity index (χ3n) is 3.09. The minimum atomic E-state index is -0.0648. The van der Waals surface area contributed by atoms with E-state index >= 15 is 0 Å². The van der Waals surface area contributed by atoms with Crippen molar-refractivity contribution >= 4 is 5.91 Å². The Hall–Kier alpha value is -1.81. The van der Waals surface area contributed by atoms with E-state index in [0.29, 0.717) is 19.6 Å². The van der Waals surface area contributed by atoms with Gasteiger partial charge in [0.1, 0.15) is 5.75 Å². The Morgan fingerprint density at radius 1 is 1.32 bits per heavy atom. The minimum Gasteiger partial charge on any atom is -0.494 e. The Kier molecular flexibility index (Phi) is 4.98. The molecule has 0 heterocycles. The van der Waals surface area contributed by atoms with Gasteiger partial charge in [0.2, 0.25) is 5.91 Å². The van der Waals surface area contributed by atoms with Gasteiger partial charge in [-0.3, -0.25) is 4.79 Å². The molecule has 1 aromatic carbocycles. The van der Waals surface area contributed by atoms with Crippen LogP contribution in [0.15, 0.2) is 42.5 Å². The molecule has 2 atom stereocenters. The van der Waals surface area contributed by atoms with Crippen molar-refractivity contribution < 1.29 is 9.53 Å². The summed E-state index contributed by atoms with van der Waals surface area (Å²) >= 11 is 0. The third-order valence-corrected chi connectivity index (χ3v) is 3.09. The van der Waals surface area contributed by atoms with E-state index in [1.165, 1.54) is 0 Å². The molecular formula is C15H20N2O2. The van der Waals surface area contributed by atoms with Crippen molar-refractivity contribution in [3.8, 4) is 5.75 Å². The van der Waals surface area contributed by atoms with E-state index in [1.807, 2.05) is 42.5 Å². The summed E-state index contributed by atoms with van der Waals surface area (Å²) in [7, 11) is 0. The van der Waals surface area contributed by atoms with Gasteiger partial charge in [-0.15, -0.1) is 0 Å². The predicted octanol–water partition coefficient (Wildman–Crippen LogP) is 1.48. The summed E-state index contributed by atoms with van der Waals surface area (Å²) in [5.41, 5.74) is 5.72. The maximum Gasteiger partial charge on any atom is 0.226 e. The molecule has 1 aromatic rings. The molecule has 1 amide bonds. The average Bonchev–Trinajstić information content (AvgIpc) is 2.86. The second-order valence-electron chi connectivity index (χ2n) is 4.70. The Balaban J connectivity index is 1.57. The lowest BCUT2D eigenvalue weighted by Crippen LogP contribution is -2.32. The van der Waals surface area contributed by atoms with Gasteiger partial charge in [0.15, 0.2) is 0 Å². The number of hydrogen-bond donors (Lipinski definition) is 2. The molecule has 1 aliphatic rings. The van der Waals surface area contributed by atoms with Crippen molar-refractivity contribution in [3.05, 3.63) is 42.5 Å². The zero-order valence-electron chi connectivity index (χ0n) is 10.9. The Morgan fingerprint density at radius 2 is 2.11 bits per heavy atom. The maximum atomic E-state index is 11.8. The molecule has 1 aliphatic carbocycles. The summed E-state index contributed by atoms with van der Waals surface area (Å²) in [6.07, 6.45) is 5.29. The molecule has 2 unspecified atom stereocenters. The second-order valence-corrected chi connectivity index (χ2v) is 4.70. The van der Waals surface area contributed by atoms with Gasteiger partial charge in [-0.1, -0.05) is 30.4 Å². The topological polar surface area (TPSA) is 64.4 Å². The maximum absolute atomic E-state index is 11.8. The Bertz CT molecular complexity index is 431. The van der Waals surface area contributed by atoms with Crippen LogP contribution in [0.1, 0.15) is 12.8 Å². The van der Waals surface area contributed by atoms with Crippen LogP contribution >= 0.6 is 0 Å². The van der Waals surface area contributed by atoms with Gasteiger partial charge >= 0.3 is 0 Å². The number of para-hydroxylation sites is 1. The summed E-state index contributed by atoms with van der Waals surface area (Å²) in [4.78, 5) is 11.8. The predicted molar refractivity (Wildman–Crippen MR) is 74.8 cm³/mol. The molecule has 3 N–H and O–H groups in total.